The van der Waals surface area contributed by atoms with Crippen molar-refractivity contribution in [1.29, 1.82) is 0 Å². The van der Waals surface area contributed by atoms with Crippen molar-refractivity contribution >= 4 is 5.91 Å². The van der Waals surface area contributed by atoms with Crippen LogP contribution in [0.5, 0.6) is 0 Å². The molecule has 1 atom stereocenters. The molecule has 0 bridgehead atoms. The molecule has 3 nitrogen and oxygen atoms in total. The van der Waals surface area contributed by atoms with E-state index in [0.717, 1.165) is 6.54 Å². The normalized spacial score (nSPS) is 12.2. The number of carbonyl (C=O) groups is 1. The molecule has 0 spiro atoms. The topological polar surface area (TPSA) is 41.1 Å². The van der Waals surface area contributed by atoms with E-state index in [2.05, 4.69) is 29.7 Å². The Morgan fingerprint density at radius 3 is 2.69 bits per heavy atom. The van der Waals surface area contributed by atoms with Crippen molar-refractivity contribution in [1.82, 2.24) is 10.6 Å². The van der Waals surface area contributed by atoms with Gasteiger partial charge in [0.25, 0.3) is 0 Å². The number of amides is 1. The van der Waals surface area contributed by atoms with Crippen LogP contribution in [0, 0.1) is 6.92 Å². The minimum absolute atomic E-state index is 0.0519. The van der Waals surface area contributed by atoms with Gasteiger partial charge in [-0.15, -0.1) is 0 Å². The molecule has 0 radical (unpaired) electrons. The summed E-state index contributed by atoms with van der Waals surface area (Å²) in [6.45, 7) is 7.28. The Morgan fingerprint density at radius 1 is 1.38 bits per heavy atom. The van der Waals surface area contributed by atoms with Gasteiger partial charge >= 0.3 is 0 Å². The van der Waals surface area contributed by atoms with Gasteiger partial charge in [-0.25, -0.2) is 0 Å². The molecule has 0 fully saturated rings. The molecular weight excluding hydrogens is 200 g/mol. The van der Waals surface area contributed by atoms with Crippen molar-refractivity contribution in [2.24, 2.45) is 0 Å². The van der Waals surface area contributed by atoms with E-state index in [4.69, 9.17) is 0 Å². The summed E-state index contributed by atoms with van der Waals surface area (Å²) in [5.74, 6) is 0.0519. The van der Waals surface area contributed by atoms with Gasteiger partial charge in [-0.05, 0) is 31.9 Å². The molecule has 1 unspecified atom stereocenters. The smallest absolute Gasteiger partial charge is 0.236 e. The van der Waals surface area contributed by atoms with Crippen LogP contribution in [0.2, 0.25) is 0 Å². The minimum Gasteiger partial charge on any atom is -0.355 e. The van der Waals surface area contributed by atoms with Crippen LogP contribution < -0.4 is 10.6 Å². The molecular formula is C13H20N2O. The molecule has 0 aliphatic carbocycles. The Kier molecular flexibility index (Phi) is 4.99. The number of benzene rings is 1. The lowest BCUT2D eigenvalue weighted by atomic mass is 10.1. The highest BCUT2D eigenvalue weighted by Gasteiger charge is 2.10. The summed E-state index contributed by atoms with van der Waals surface area (Å²) in [5, 5.41) is 6.01. The molecule has 0 saturated carbocycles. The van der Waals surface area contributed by atoms with Crippen molar-refractivity contribution in [3.8, 4) is 0 Å². The Balaban J connectivity index is 2.46. The molecule has 0 saturated heterocycles. The molecule has 3 heteroatoms. The van der Waals surface area contributed by atoms with E-state index in [1.807, 2.05) is 26.0 Å². The second kappa shape index (κ2) is 6.28. The van der Waals surface area contributed by atoms with Crippen LogP contribution in [0.25, 0.3) is 0 Å². The van der Waals surface area contributed by atoms with E-state index in [0.29, 0.717) is 6.54 Å². The molecule has 88 valence electrons. The quantitative estimate of drug-likeness (QED) is 0.791. The lowest BCUT2D eigenvalue weighted by Crippen LogP contribution is -2.41. The third-order valence-electron chi connectivity index (χ3n) is 2.60. The molecule has 16 heavy (non-hydrogen) atoms. The average molecular weight is 220 g/mol. The van der Waals surface area contributed by atoms with Gasteiger partial charge in [0.1, 0.15) is 0 Å². The standard InChI is InChI=1S/C13H20N2O/c1-4-14-13(16)11(3)15-9-12-8-6-5-7-10(12)2/h5-8,11,15H,4,9H2,1-3H3,(H,14,16). The van der Waals surface area contributed by atoms with E-state index in [9.17, 15) is 4.79 Å². The first-order valence-electron chi connectivity index (χ1n) is 5.70. The first kappa shape index (κ1) is 12.7. The summed E-state index contributed by atoms with van der Waals surface area (Å²) in [5.41, 5.74) is 2.48. The van der Waals surface area contributed by atoms with Crippen molar-refractivity contribution < 1.29 is 4.79 Å². The van der Waals surface area contributed by atoms with Gasteiger partial charge in [-0.3, -0.25) is 4.79 Å². The Labute approximate surface area is 97.2 Å². The van der Waals surface area contributed by atoms with Crippen LogP contribution in [0.3, 0.4) is 0 Å². The monoisotopic (exact) mass is 220 g/mol. The number of likely N-dealkylation sites (N-methyl/N-ethyl adjacent to an activating group) is 1. The fourth-order valence-corrected chi connectivity index (χ4v) is 1.49. The third kappa shape index (κ3) is 3.66. The second-order valence-corrected chi connectivity index (χ2v) is 3.92. The van der Waals surface area contributed by atoms with Gasteiger partial charge in [0, 0.05) is 13.1 Å². The van der Waals surface area contributed by atoms with Crippen LogP contribution in [-0.2, 0) is 11.3 Å². The number of aryl methyl sites for hydroxylation is 1. The van der Waals surface area contributed by atoms with Gasteiger partial charge in [0.05, 0.1) is 6.04 Å². The molecule has 1 aromatic rings. The maximum Gasteiger partial charge on any atom is 0.236 e. The van der Waals surface area contributed by atoms with E-state index in [1.165, 1.54) is 11.1 Å². The van der Waals surface area contributed by atoms with Crippen molar-refractivity contribution in [2.75, 3.05) is 6.54 Å². The van der Waals surface area contributed by atoms with E-state index in [1.54, 1.807) is 0 Å². The first-order chi connectivity index (χ1) is 7.65. The van der Waals surface area contributed by atoms with Gasteiger partial charge in [-0.1, -0.05) is 24.3 Å². The maximum absolute atomic E-state index is 11.5. The summed E-state index contributed by atoms with van der Waals surface area (Å²) in [6, 6.07) is 8.03. The summed E-state index contributed by atoms with van der Waals surface area (Å²) < 4.78 is 0. The second-order valence-electron chi connectivity index (χ2n) is 3.92. The maximum atomic E-state index is 11.5. The SMILES string of the molecule is CCNC(=O)C(C)NCc1ccccc1C. The summed E-state index contributed by atoms with van der Waals surface area (Å²) in [4.78, 5) is 11.5. The van der Waals surface area contributed by atoms with Crippen molar-refractivity contribution in [3.63, 3.8) is 0 Å². The van der Waals surface area contributed by atoms with E-state index < -0.39 is 0 Å². The lowest BCUT2D eigenvalue weighted by Gasteiger charge is -2.14. The Morgan fingerprint density at radius 2 is 2.06 bits per heavy atom. The highest BCUT2D eigenvalue weighted by atomic mass is 16.2. The number of carbonyl (C=O) groups excluding carboxylic acids is 1. The molecule has 1 amide bonds. The molecule has 0 aliphatic heterocycles. The van der Waals surface area contributed by atoms with Crippen LogP contribution in [-0.4, -0.2) is 18.5 Å². The zero-order valence-corrected chi connectivity index (χ0v) is 10.2. The van der Waals surface area contributed by atoms with Gasteiger partial charge < -0.3 is 10.6 Å². The summed E-state index contributed by atoms with van der Waals surface area (Å²) >= 11 is 0. The van der Waals surface area contributed by atoms with Crippen molar-refractivity contribution in [2.45, 2.75) is 33.4 Å². The van der Waals surface area contributed by atoms with Crippen molar-refractivity contribution in [3.05, 3.63) is 35.4 Å². The molecule has 1 rings (SSSR count). The predicted molar refractivity (Wildman–Crippen MR) is 66.2 cm³/mol. The zero-order chi connectivity index (χ0) is 12.0. The summed E-state index contributed by atoms with van der Waals surface area (Å²) in [6.07, 6.45) is 0. The summed E-state index contributed by atoms with van der Waals surface area (Å²) in [7, 11) is 0. The van der Waals surface area contributed by atoms with Gasteiger partial charge in [0.2, 0.25) is 5.91 Å². The number of hydrogen-bond acceptors (Lipinski definition) is 2. The molecule has 0 aliphatic rings. The minimum atomic E-state index is -0.153. The Hall–Kier alpha value is -1.35. The molecule has 2 N–H and O–H groups in total. The number of nitrogens with one attached hydrogen (secondary N) is 2. The third-order valence-corrected chi connectivity index (χ3v) is 2.60. The highest BCUT2D eigenvalue weighted by molar-refractivity contribution is 5.81. The number of hydrogen-bond donors (Lipinski definition) is 2. The van der Waals surface area contributed by atoms with Crippen LogP contribution in [0.1, 0.15) is 25.0 Å². The number of rotatable bonds is 5. The van der Waals surface area contributed by atoms with E-state index in [-0.39, 0.29) is 11.9 Å². The Bertz CT molecular complexity index is 350. The van der Waals surface area contributed by atoms with Gasteiger partial charge in [0.15, 0.2) is 0 Å². The van der Waals surface area contributed by atoms with Crippen LogP contribution in [0.15, 0.2) is 24.3 Å². The molecule has 0 heterocycles. The molecule has 1 aromatic carbocycles. The van der Waals surface area contributed by atoms with Crippen LogP contribution in [0.4, 0.5) is 0 Å². The van der Waals surface area contributed by atoms with Gasteiger partial charge in [-0.2, -0.15) is 0 Å². The first-order valence-corrected chi connectivity index (χ1v) is 5.70. The fourth-order valence-electron chi connectivity index (χ4n) is 1.49. The predicted octanol–water partition coefficient (Wildman–Crippen LogP) is 1.61. The molecule has 0 aromatic heterocycles. The average Bonchev–Trinajstić information content (AvgIpc) is 2.28. The fraction of sp³-hybridized carbons (Fsp3) is 0.462. The van der Waals surface area contributed by atoms with Crippen LogP contribution >= 0.6 is 0 Å². The van der Waals surface area contributed by atoms with E-state index >= 15 is 0 Å². The zero-order valence-electron chi connectivity index (χ0n) is 10.2. The largest absolute Gasteiger partial charge is 0.355 e. The lowest BCUT2D eigenvalue weighted by molar-refractivity contribution is -0.122. The highest BCUT2D eigenvalue weighted by Crippen LogP contribution is 2.06.